The number of amides is 2. The van der Waals surface area contributed by atoms with Crippen LogP contribution in [0, 0.1) is 18.8 Å². The molecule has 1 heterocycles. The summed E-state index contributed by atoms with van der Waals surface area (Å²) in [6.45, 7) is 6.82. The molecule has 1 aromatic heterocycles. The van der Waals surface area contributed by atoms with E-state index in [4.69, 9.17) is 0 Å². The lowest BCUT2D eigenvalue weighted by atomic mass is 10.1. The van der Waals surface area contributed by atoms with E-state index in [2.05, 4.69) is 24.1 Å². The van der Waals surface area contributed by atoms with Crippen molar-refractivity contribution in [1.82, 2.24) is 9.88 Å². The van der Waals surface area contributed by atoms with Gasteiger partial charge in [-0.25, -0.2) is 4.98 Å². The predicted molar refractivity (Wildman–Crippen MR) is 88.9 cm³/mol. The van der Waals surface area contributed by atoms with Crippen LogP contribution in [0.5, 0.6) is 0 Å². The minimum absolute atomic E-state index is 0.105. The van der Waals surface area contributed by atoms with E-state index < -0.39 is 0 Å². The number of hydrogen-bond donors (Lipinski definition) is 1. The molecule has 2 amide bonds. The van der Waals surface area contributed by atoms with Crippen LogP contribution in [-0.2, 0) is 9.59 Å². The Labute approximate surface area is 136 Å². The van der Waals surface area contributed by atoms with E-state index >= 15 is 0 Å². The Morgan fingerprint density at radius 3 is 2.64 bits per heavy atom. The molecule has 5 nitrogen and oxygen atoms in total. The third kappa shape index (κ3) is 4.80. The summed E-state index contributed by atoms with van der Waals surface area (Å²) in [4.78, 5) is 31.7. The van der Waals surface area contributed by atoms with Gasteiger partial charge in [0, 0.05) is 23.5 Å². The summed E-state index contributed by atoms with van der Waals surface area (Å²) >= 11 is 1.44. The number of aromatic nitrogens is 1. The molecule has 0 saturated heterocycles. The van der Waals surface area contributed by atoms with Crippen molar-refractivity contribution in [2.75, 3.05) is 18.4 Å². The molecule has 0 aliphatic heterocycles. The Morgan fingerprint density at radius 1 is 1.41 bits per heavy atom. The van der Waals surface area contributed by atoms with E-state index in [-0.39, 0.29) is 24.3 Å². The first kappa shape index (κ1) is 16.9. The lowest BCUT2D eigenvalue weighted by Gasteiger charge is -2.26. The molecule has 0 radical (unpaired) electrons. The van der Waals surface area contributed by atoms with E-state index in [1.54, 1.807) is 11.1 Å². The molecule has 22 heavy (non-hydrogen) atoms. The van der Waals surface area contributed by atoms with Crippen molar-refractivity contribution < 1.29 is 9.59 Å². The molecule has 2 rings (SSSR count). The first-order valence-electron chi connectivity index (χ1n) is 7.96. The van der Waals surface area contributed by atoms with Crippen molar-refractivity contribution in [3.63, 3.8) is 0 Å². The Morgan fingerprint density at radius 2 is 2.09 bits per heavy atom. The smallest absolute Gasteiger partial charge is 0.245 e. The molecule has 1 N–H and O–H groups in total. The number of carbonyl (C=O) groups is 2. The zero-order valence-corrected chi connectivity index (χ0v) is 14.4. The van der Waals surface area contributed by atoms with Gasteiger partial charge in [-0.05, 0) is 25.7 Å². The molecule has 0 atom stereocenters. The van der Waals surface area contributed by atoms with Gasteiger partial charge >= 0.3 is 0 Å². The van der Waals surface area contributed by atoms with Crippen LogP contribution < -0.4 is 5.32 Å². The molecule has 6 heteroatoms. The second kappa shape index (κ2) is 7.72. The number of aryl methyl sites for hydroxylation is 1. The van der Waals surface area contributed by atoms with Crippen LogP contribution in [0.25, 0.3) is 0 Å². The van der Waals surface area contributed by atoms with Crippen LogP contribution >= 0.6 is 11.3 Å². The highest BCUT2D eigenvalue weighted by atomic mass is 32.1. The predicted octanol–water partition coefficient (Wildman–Crippen LogP) is 3.06. The molecule has 1 aliphatic rings. The van der Waals surface area contributed by atoms with Gasteiger partial charge in [-0.1, -0.05) is 26.7 Å². The highest BCUT2D eigenvalue weighted by molar-refractivity contribution is 7.15. The highest BCUT2D eigenvalue weighted by Gasteiger charge is 2.28. The summed E-state index contributed by atoms with van der Waals surface area (Å²) in [5.41, 5.74) is 0. The molecule has 0 unspecified atom stereocenters. The van der Waals surface area contributed by atoms with Crippen molar-refractivity contribution in [3.05, 3.63) is 11.1 Å². The summed E-state index contributed by atoms with van der Waals surface area (Å²) in [6, 6.07) is 0. The van der Waals surface area contributed by atoms with Crippen molar-refractivity contribution in [3.8, 4) is 0 Å². The molecule has 1 aromatic rings. The number of carbonyl (C=O) groups excluding carboxylic acids is 2. The minimum Gasteiger partial charge on any atom is -0.333 e. The van der Waals surface area contributed by atoms with E-state index in [0.717, 1.165) is 30.6 Å². The average molecular weight is 323 g/mol. The van der Waals surface area contributed by atoms with Gasteiger partial charge in [0.15, 0.2) is 5.13 Å². The number of anilines is 1. The molecule has 1 aliphatic carbocycles. The third-order valence-corrected chi connectivity index (χ3v) is 4.63. The largest absolute Gasteiger partial charge is 0.333 e. The van der Waals surface area contributed by atoms with Crippen LogP contribution in [0.15, 0.2) is 6.20 Å². The number of rotatable bonds is 6. The fourth-order valence-corrected chi connectivity index (χ4v) is 3.53. The lowest BCUT2D eigenvalue weighted by molar-refractivity contribution is -0.138. The van der Waals surface area contributed by atoms with Crippen LogP contribution in [0.4, 0.5) is 5.13 Å². The van der Waals surface area contributed by atoms with Crippen LogP contribution in [0.1, 0.15) is 44.4 Å². The van der Waals surface area contributed by atoms with Crippen LogP contribution in [0.2, 0.25) is 0 Å². The van der Waals surface area contributed by atoms with Gasteiger partial charge in [-0.2, -0.15) is 0 Å². The fraction of sp³-hybridized carbons (Fsp3) is 0.688. The van der Waals surface area contributed by atoms with Gasteiger partial charge in [0.1, 0.15) is 0 Å². The summed E-state index contributed by atoms with van der Waals surface area (Å²) < 4.78 is 0. The number of nitrogens with one attached hydrogen (secondary N) is 1. The van der Waals surface area contributed by atoms with Crippen molar-refractivity contribution in [2.24, 2.45) is 11.8 Å². The molecule has 1 saturated carbocycles. The Bertz CT molecular complexity index is 521. The van der Waals surface area contributed by atoms with Gasteiger partial charge in [-0.15, -0.1) is 11.3 Å². The van der Waals surface area contributed by atoms with Crippen molar-refractivity contribution >= 4 is 28.3 Å². The van der Waals surface area contributed by atoms with Crippen molar-refractivity contribution in [2.45, 2.75) is 46.5 Å². The summed E-state index contributed by atoms with van der Waals surface area (Å²) in [6.07, 6.45) is 5.89. The lowest BCUT2D eigenvalue weighted by Crippen LogP contribution is -2.42. The quantitative estimate of drug-likeness (QED) is 0.875. The maximum absolute atomic E-state index is 12.6. The minimum atomic E-state index is -0.165. The normalized spacial score (nSPS) is 15.3. The standard InChI is InChI=1S/C16H25N3O2S/c1-11(2)9-19(15(21)13-6-4-5-7-13)10-14(20)18-16-17-8-12(3)22-16/h8,11,13H,4-7,9-10H2,1-3H3,(H,17,18,20). The monoisotopic (exact) mass is 323 g/mol. The zero-order chi connectivity index (χ0) is 16.1. The molecular weight excluding hydrogens is 298 g/mol. The molecule has 122 valence electrons. The first-order chi connectivity index (χ1) is 10.5. The molecule has 0 aromatic carbocycles. The second-order valence-corrected chi connectivity index (χ2v) is 7.65. The SMILES string of the molecule is Cc1cnc(NC(=O)CN(CC(C)C)C(=O)C2CCCC2)s1. The summed E-state index contributed by atoms with van der Waals surface area (Å²) in [7, 11) is 0. The highest BCUT2D eigenvalue weighted by Crippen LogP contribution is 2.27. The summed E-state index contributed by atoms with van der Waals surface area (Å²) in [5, 5.41) is 3.38. The topological polar surface area (TPSA) is 62.3 Å². The first-order valence-corrected chi connectivity index (χ1v) is 8.78. The van der Waals surface area contributed by atoms with Crippen molar-refractivity contribution in [1.29, 1.82) is 0 Å². The molecule has 0 bridgehead atoms. The van der Waals surface area contributed by atoms with Gasteiger partial charge in [0.2, 0.25) is 11.8 Å². The average Bonchev–Trinajstić information content (AvgIpc) is 3.08. The molecule has 1 fully saturated rings. The van der Waals surface area contributed by atoms with E-state index in [0.29, 0.717) is 17.6 Å². The maximum Gasteiger partial charge on any atom is 0.245 e. The van der Waals surface area contributed by atoms with Gasteiger partial charge in [0.25, 0.3) is 0 Å². The Hall–Kier alpha value is -1.43. The van der Waals surface area contributed by atoms with Gasteiger partial charge in [-0.3, -0.25) is 9.59 Å². The number of nitrogens with zero attached hydrogens (tertiary/aromatic N) is 2. The molecule has 0 spiro atoms. The third-order valence-electron chi connectivity index (χ3n) is 3.80. The molecular formula is C16H25N3O2S. The number of hydrogen-bond acceptors (Lipinski definition) is 4. The van der Waals surface area contributed by atoms with Gasteiger partial charge < -0.3 is 10.2 Å². The van der Waals surface area contributed by atoms with E-state index in [9.17, 15) is 9.59 Å². The Balaban J connectivity index is 1.95. The van der Waals surface area contributed by atoms with E-state index in [1.807, 2.05) is 6.92 Å². The number of thiazole rings is 1. The Kier molecular flexibility index (Phi) is 5.94. The van der Waals surface area contributed by atoms with Crippen LogP contribution in [0.3, 0.4) is 0 Å². The second-order valence-electron chi connectivity index (χ2n) is 6.42. The van der Waals surface area contributed by atoms with Gasteiger partial charge in [0.05, 0.1) is 6.54 Å². The summed E-state index contributed by atoms with van der Waals surface area (Å²) in [5.74, 6) is 0.423. The van der Waals surface area contributed by atoms with E-state index in [1.165, 1.54) is 11.3 Å². The maximum atomic E-state index is 12.6. The fourth-order valence-electron chi connectivity index (χ4n) is 2.85. The zero-order valence-electron chi connectivity index (χ0n) is 13.6. The van der Waals surface area contributed by atoms with Crippen LogP contribution in [-0.4, -0.2) is 34.8 Å².